The van der Waals surface area contributed by atoms with E-state index in [2.05, 4.69) is 0 Å². The van der Waals surface area contributed by atoms with Crippen molar-refractivity contribution in [3.05, 3.63) is 34.7 Å². The van der Waals surface area contributed by atoms with E-state index in [-0.39, 0.29) is 0 Å². The minimum absolute atomic E-state index is 0.454. The van der Waals surface area contributed by atoms with Crippen molar-refractivity contribution in [1.82, 2.24) is 0 Å². The number of aryl methyl sites for hydroxylation is 2. The van der Waals surface area contributed by atoms with Crippen molar-refractivity contribution in [1.29, 1.82) is 0 Å². The second-order valence-corrected chi connectivity index (χ2v) is 9.00. The van der Waals surface area contributed by atoms with E-state index in [1.165, 1.54) is 0 Å². The van der Waals surface area contributed by atoms with Crippen LogP contribution in [0.25, 0.3) is 10.1 Å². The number of fused-ring (bicyclic) bond motifs is 1. The summed E-state index contributed by atoms with van der Waals surface area (Å²) in [5, 5.41) is 0.770. The van der Waals surface area contributed by atoms with Crippen molar-refractivity contribution in [2.45, 2.75) is 50.5 Å². The zero-order valence-corrected chi connectivity index (χ0v) is 16.1. The fourth-order valence-electron chi connectivity index (χ4n) is 2.29. The molecule has 1 aromatic carbocycles. The van der Waals surface area contributed by atoms with Crippen molar-refractivity contribution in [2.24, 2.45) is 0 Å². The predicted octanol–water partition coefficient (Wildman–Crippen LogP) is 6.02. The molecular weight excluding hydrogens is 418 g/mol. The highest BCUT2D eigenvalue weighted by molar-refractivity contribution is 7.86. The first kappa shape index (κ1) is 23.7. The summed E-state index contributed by atoms with van der Waals surface area (Å²) in [7, 11) is -7.80. The Hall–Kier alpha value is -1.33. The molecule has 1 atom stereocenters. The van der Waals surface area contributed by atoms with Gasteiger partial charge in [0.05, 0.1) is 10.5 Å². The second-order valence-electron chi connectivity index (χ2n) is 5.59. The highest BCUT2D eigenvalue weighted by atomic mass is 32.2. The standard InChI is InChI=1S/C15H18F3S.CHF3O3S/c1-3-5-6-13-10-12-9-11(4-2)7-8-14(12)19(13)15(16,17)18;2-1(3,4)8(5,6)7/h7-10H,3-6H2,1-2H3;(H,5,6,7)/q+1;/p-1. The van der Waals surface area contributed by atoms with E-state index >= 15 is 0 Å². The lowest BCUT2D eigenvalue weighted by Crippen LogP contribution is -2.21. The number of rotatable bonds is 4. The van der Waals surface area contributed by atoms with Gasteiger partial charge in [-0.05, 0) is 30.5 Å². The Kier molecular flexibility index (Phi) is 7.71. The van der Waals surface area contributed by atoms with Gasteiger partial charge in [0.25, 0.3) is 0 Å². The molecule has 2 rings (SSSR count). The quantitative estimate of drug-likeness (QED) is 0.255. The molecule has 0 saturated heterocycles. The van der Waals surface area contributed by atoms with E-state index in [1.54, 1.807) is 12.1 Å². The molecule has 27 heavy (non-hydrogen) atoms. The Morgan fingerprint density at radius 1 is 1.04 bits per heavy atom. The van der Waals surface area contributed by atoms with E-state index in [0.717, 1.165) is 30.2 Å². The molecule has 0 fully saturated rings. The third-order valence-electron chi connectivity index (χ3n) is 3.57. The molecule has 0 aliphatic rings. The summed E-state index contributed by atoms with van der Waals surface area (Å²) in [6, 6.07) is 7.15. The van der Waals surface area contributed by atoms with Crippen LogP contribution >= 0.6 is 10.5 Å². The summed E-state index contributed by atoms with van der Waals surface area (Å²) >= 11 is 0. The monoisotopic (exact) mass is 436 g/mol. The lowest BCUT2D eigenvalue weighted by molar-refractivity contribution is -0.0867. The van der Waals surface area contributed by atoms with E-state index < -0.39 is 31.6 Å². The molecule has 0 amide bonds. The summed E-state index contributed by atoms with van der Waals surface area (Å²) in [5.74, 6) is 0. The molecule has 0 aliphatic heterocycles. The van der Waals surface area contributed by atoms with Crippen LogP contribution in [0.1, 0.15) is 37.1 Å². The van der Waals surface area contributed by atoms with Gasteiger partial charge in [-0.25, -0.2) is 8.42 Å². The lowest BCUT2D eigenvalue weighted by Gasteiger charge is -2.08. The van der Waals surface area contributed by atoms with Gasteiger partial charge in [0.1, 0.15) is 0 Å². The van der Waals surface area contributed by atoms with Gasteiger partial charge in [0.15, 0.2) is 19.7 Å². The number of benzene rings is 1. The molecule has 154 valence electrons. The van der Waals surface area contributed by atoms with Crippen LogP contribution in [0.2, 0.25) is 0 Å². The summed E-state index contributed by atoms with van der Waals surface area (Å²) in [6.45, 7) is 4.02. The highest BCUT2D eigenvalue weighted by Crippen LogP contribution is 2.51. The first-order chi connectivity index (χ1) is 12.2. The van der Waals surface area contributed by atoms with Gasteiger partial charge < -0.3 is 4.55 Å². The third-order valence-corrected chi connectivity index (χ3v) is 6.26. The molecule has 3 nitrogen and oxygen atoms in total. The fraction of sp³-hybridized carbons (Fsp3) is 0.500. The van der Waals surface area contributed by atoms with Gasteiger partial charge in [0.2, 0.25) is 0 Å². The Balaban J connectivity index is 0.000000387. The number of thiophene rings is 1. The predicted molar refractivity (Wildman–Crippen MR) is 91.5 cm³/mol. The van der Waals surface area contributed by atoms with Crippen molar-refractivity contribution in [2.75, 3.05) is 0 Å². The molecule has 11 heteroatoms. The molecule has 0 aliphatic carbocycles. The molecular formula is C16H18F6O3S2. The van der Waals surface area contributed by atoms with Crippen LogP contribution in [0, 0.1) is 0 Å². The number of hydrogen-bond acceptors (Lipinski definition) is 3. The van der Waals surface area contributed by atoms with E-state index in [0.29, 0.717) is 16.0 Å². The van der Waals surface area contributed by atoms with Crippen LogP contribution in [-0.4, -0.2) is 18.5 Å². The molecule has 1 heterocycles. The van der Waals surface area contributed by atoms with Crippen molar-refractivity contribution in [3.8, 4) is 0 Å². The summed E-state index contributed by atoms with van der Waals surface area (Å²) < 4.78 is 99.2. The maximum Gasteiger partial charge on any atom is 0.600 e. The van der Waals surface area contributed by atoms with E-state index in [4.69, 9.17) is 13.0 Å². The van der Waals surface area contributed by atoms with Gasteiger partial charge in [-0.1, -0.05) is 26.3 Å². The Labute approximate surface area is 155 Å². The number of unbranched alkanes of at least 4 members (excludes halogenated alkanes) is 1. The minimum Gasteiger partial charge on any atom is -0.741 e. The smallest absolute Gasteiger partial charge is 0.600 e. The zero-order valence-electron chi connectivity index (χ0n) is 14.4. The van der Waals surface area contributed by atoms with Gasteiger partial charge >= 0.3 is 11.0 Å². The minimum atomic E-state index is -6.09. The van der Waals surface area contributed by atoms with Crippen LogP contribution in [-0.2, 0) is 28.5 Å². The van der Waals surface area contributed by atoms with Gasteiger partial charge in [-0.15, -0.1) is 13.2 Å². The molecule has 0 N–H and O–H groups in total. The Bertz CT molecular complexity index is 867. The Morgan fingerprint density at radius 3 is 2.00 bits per heavy atom. The third kappa shape index (κ3) is 6.35. The molecule has 2 aromatic rings. The number of alkyl halides is 6. The van der Waals surface area contributed by atoms with Gasteiger partial charge in [0, 0.05) is 17.9 Å². The van der Waals surface area contributed by atoms with Crippen molar-refractivity contribution >= 4 is 30.7 Å². The molecule has 0 spiro atoms. The maximum atomic E-state index is 13.3. The average molecular weight is 436 g/mol. The van der Waals surface area contributed by atoms with Crippen LogP contribution in [0.3, 0.4) is 0 Å². The molecule has 0 radical (unpaired) electrons. The van der Waals surface area contributed by atoms with Crippen LogP contribution < -0.4 is 0 Å². The average Bonchev–Trinajstić information content (AvgIpc) is 2.88. The van der Waals surface area contributed by atoms with Crippen LogP contribution in [0.5, 0.6) is 0 Å². The van der Waals surface area contributed by atoms with E-state index in [1.807, 2.05) is 26.0 Å². The molecule has 0 bridgehead atoms. The fourth-order valence-corrected chi connectivity index (χ4v) is 4.27. The largest absolute Gasteiger partial charge is 0.741 e. The first-order valence-electron chi connectivity index (χ1n) is 7.89. The van der Waals surface area contributed by atoms with Crippen molar-refractivity contribution in [3.63, 3.8) is 0 Å². The Morgan fingerprint density at radius 2 is 1.59 bits per heavy atom. The molecule has 0 saturated carbocycles. The summed E-state index contributed by atoms with van der Waals surface area (Å²) in [6.07, 6.45) is 3.14. The number of hydrogen-bond donors (Lipinski definition) is 0. The lowest BCUT2D eigenvalue weighted by atomic mass is 10.1. The molecule has 1 unspecified atom stereocenters. The zero-order chi connectivity index (χ0) is 21.0. The summed E-state index contributed by atoms with van der Waals surface area (Å²) in [4.78, 5) is 0.553. The highest BCUT2D eigenvalue weighted by Gasteiger charge is 2.47. The first-order valence-corrected chi connectivity index (χ1v) is 10.5. The maximum absolute atomic E-state index is 13.3. The summed E-state index contributed by atoms with van der Waals surface area (Å²) in [5.41, 5.74) is -8.71. The molecule has 1 aromatic heterocycles. The SMILES string of the molecule is CCCCc1cc2cc(CC)ccc2[s+]1C(F)(F)F.O=S(=O)([O-])C(F)(F)F. The normalized spacial score (nSPS) is 13.4. The van der Waals surface area contributed by atoms with E-state index in [9.17, 15) is 26.3 Å². The van der Waals surface area contributed by atoms with Crippen molar-refractivity contribution < 1.29 is 39.3 Å². The van der Waals surface area contributed by atoms with Gasteiger partial charge in [-0.3, -0.25) is 0 Å². The number of halogens is 6. The topological polar surface area (TPSA) is 57.2 Å². The van der Waals surface area contributed by atoms with Gasteiger partial charge in [-0.2, -0.15) is 13.2 Å². The van der Waals surface area contributed by atoms with Crippen LogP contribution in [0.15, 0.2) is 24.3 Å². The van der Waals surface area contributed by atoms with Crippen LogP contribution in [0.4, 0.5) is 26.3 Å². The second kappa shape index (κ2) is 8.78.